The second kappa shape index (κ2) is 4.84. The van der Waals surface area contributed by atoms with Crippen molar-refractivity contribution in [1.82, 2.24) is 20.1 Å². The molecule has 1 atom stereocenters. The lowest BCUT2D eigenvalue weighted by molar-refractivity contribution is -0.132. The molecular formula is C14H20N4O3. The molecule has 0 aromatic carbocycles. The summed E-state index contributed by atoms with van der Waals surface area (Å²) in [4.78, 5) is 32.1. The van der Waals surface area contributed by atoms with E-state index in [-0.39, 0.29) is 18.0 Å². The van der Waals surface area contributed by atoms with Crippen molar-refractivity contribution in [3.05, 3.63) is 17.8 Å². The highest BCUT2D eigenvalue weighted by Gasteiger charge is 2.55. The minimum Gasteiger partial charge on any atom is -0.445 e. The Labute approximate surface area is 123 Å². The lowest BCUT2D eigenvalue weighted by atomic mass is 9.99. The van der Waals surface area contributed by atoms with Crippen molar-refractivity contribution in [3.8, 4) is 0 Å². The molecule has 2 fully saturated rings. The fourth-order valence-corrected chi connectivity index (χ4v) is 3.08. The average Bonchev–Trinajstić information content (AvgIpc) is 3.03. The maximum Gasteiger partial charge on any atom is 0.325 e. The molecule has 2 aliphatic heterocycles. The zero-order valence-corrected chi connectivity index (χ0v) is 12.5. The number of aryl methyl sites for hydroxylation is 1. The van der Waals surface area contributed by atoms with Gasteiger partial charge in [-0.3, -0.25) is 14.6 Å². The van der Waals surface area contributed by atoms with Crippen LogP contribution in [0.25, 0.3) is 0 Å². The fraction of sp³-hybridized carbons (Fsp3) is 0.643. The van der Waals surface area contributed by atoms with Crippen LogP contribution >= 0.6 is 0 Å². The molecule has 114 valence electrons. The molecule has 1 spiro atoms. The first-order chi connectivity index (χ1) is 9.91. The number of urea groups is 1. The Balaban J connectivity index is 1.71. The van der Waals surface area contributed by atoms with E-state index >= 15 is 0 Å². The SMILES string of the molecule is Cc1cnc(CN2CC[C@@]3(C2)NC(=O)N(C(C)C)C3=O)o1. The third kappa shape index (κ3) is 2.31. The Morgan fingerprint density at radius 3 is 2.81 bits per heavy atom. The van der Waals surface area contributed by atoms with Gasteiger partial charge in [-0.25, -0.2) is 9.78 Å². The van der Waals surface area contributed by atoms with Gasteiger partial charge in [0.2, 0.25) is 5.89 Å². The van der Waals surface area contributed by atoms with Gasteiger partial charge in [0.1, 0.15) is 11.3 Å². The molecule has 1 aromatic heterocycles. The predicted octanol–water partition coefficient (Wildman–Crippen LogP) is 0.888. The maximum absolute atomic E-state index is 12.6. The molecule has 21 heavy (non-hydrogen) atoms. The summed E-state index contributed by atoms with van der Waals surface area (Å²) in [6.07, 6.45) is 2.31. The van der Waals surface area contributed by atoms with Crippen molar-refractivity contribution in [3.63, 3.8) is 0 Å². The number of hydrogen-bond donors (Lipinski definition) is 1. The van der Waals surface area contributed by atoms with E-state index in [0.29, 0.717) is 25.4 Å². The smallest absolute Gasteiger partial charge is 0.325 e. The van der Waals surface area contributed by atoms with Crippen molar-refractivity contribution in [2.75, 3.05) is 13.1 Å². The standard InChI is InChI=1S/C14H20N4O3/c1-9(2)18-12(19)14(16-13(18)20)4-5-17(8-14)7-11-15-6-10(3)21-11/h6,9H,4-5,7-8H2,1-3H3,(H,16,20)/t14-/m0/s1. The Bertz CT molecular complexity index is 583. The third-order valence-electron chi connectivity index (χ3n) is 4.09. The van der Waals surface area contributed by atoms with Crippen LogP contribution in [0.1, 0.15) is 31.9 Å². The number of hydrogen-bond acceptors (Lipinski definition) is 5. The van der Waals surface area contributed by atoms with E-state index < -0.39 is 5.54 Å². The molecule has 2 saturated heterocycles. The van der Waals surface area contributed by atoms with Crippen molar-refractivity contribution in [1.29, 1.82) is 0 Å². The Morgan fingerprint density at radius 1 is 1.48 bits per heavy atom. The van der Waals surface area contributed by atoms with Gasteiger partial charge in [-0.1, -0.05) is 0 Å². The number of likely N-dealkylation sites (tertiary alicyclic amines) is 1. The fourth-order valence-electron chi connectivity index (χ4n) is 3.08. The van der Waals surface area contributed by atoms with E-state index in [4.69, 9.17) is 4.42 Å². The number of nitrogens with zero attached hydrogens (tertiary/aromatic N) is 3. The summed E-state index contributed by atoms with van der Waals surface area (Å²) in [7, 11) is 0. The first kappa shape index (κ1) is 14.1. The van der Waals surface area contributed by atoms with E-state index in [1.807, 2.05) is 20.8 Å². The molecule has 7 nitrogen and oxygen atoms in total. The van der Waals surface area contributed by atoms with Crippen LogP contribution < -0.4 is 5.32 Å². The van der Waals surface area contributed by atoms with Crippen LogP contribution in [0.5, 0.6) is 0 Å². The summed E-state index contributed by atoms with van der Waals surface area (Å²) in [5.41, 5.74) is -0.775. The molecule has 3 amide bonds. The molecule has 0 aliphatic carbocycles. The van der Waals surface area contributed by atoms with Crippen LogP contribution in [0.2, 0.25) is 0 Å². The number of imide groups is 1. The minimum atomic E-state index is -0.775. The predicted molar refractivity (Wildman–Crippen MR) is 74.4 cm³/mol. The highest BCUT2D eigenvalue weighted by Crippen LogP contribution is 2.30. The van der Waals surface area contributed by atoms with Gasteiger partial charge in [-0.15, -0.1) is 0 Å². The largest absolute Gasteiger partial charge is 0.445 e. The Morgan fingerprint density at radius 2 is 2.24 bits per heavy atom. The van der Waals surface area contributed by atoms with Gasteiger partial charge >= 0.3 is 6.03 Å². The number of carbonyl (C=O) groups excluding carboxylic acids is 2. The highest BCUT2D eigenvalue weighted by atomic mass is 16.4. The highest BCUT2D eigenvalue weighted by molar-refractivity contribution is 6.07. The van der Waals surface area contributed by atoms with E-state index in [1.165, 1.54) is 4.90 Å². The summed E-state index contributed by atoms with van der Waals surface area (Å²) >= 11 is 0. The maximum atomic E-state index is 12.6. The van der Waals surface area contributed by atoms with Crippen molar-refractivity contribution in [2.24, 2.45) is 0 Å². The molecule has 0 saturated carbocycles. The van der Waals surface area contributed by atoms with E-state index in [2.05, 4.69) is 15.2 Å². The number of nitrogens with one attached hydrogen (secondary N) is 1. The first-order valence-electron chi connectivity index (χ1n) is 7.21. The molecule has 3 rings (SSSR count). The van der Waals surface area contributed by atoms with E-state index in [0.717, 1.165) is 12.3 Å². The zero-order chi connectivity index (χ0) is 15.2. The van der Waals surface area contributed by atoms with Gasteiger partial charge in [0.25, 0.3) is 5.91 Å². The monoisotopic (exact) mass is 292 g/mol. The van der Waals surface area contributed by atoms with Gasteiger partial charge in [0, 0.05) is 19.1 Å². The number of rotatable bonds is 3. The van der Waals surface area contributed by atoms with Crippen LogP contribution in [0.4, 0.5) is 4.79 Å². The molecule has 3 heterocycles. The quantitative estimate of drug-likeness (QED) is 0.837. The molecule has 7 heteroatoms. The van der Waals surface area contributed by atoms with Crippen LogP contribution in [0, 0.1) is 6.92 Å². The lowest BCUT2D eigenvalue weighted by Gasteiger charge is -2.22. The van der Waals surface area contributed by atoms with Gasteiger partial charge in [-0.05, 0) is 27.2 Å². The van der Waals surface area contributed by atoms with Gasteiger partial charge in [0.15, 0.2) is 0 Å². The summed E-state index contributed by atoms with van der Waals surface area (Å²) in [6, 6.07) is -0.413. The molecule has 0 unspecified atom stereocenters. The van der Waals surface area contributed by atoms with Crippen LogP contribution in [-0.4, -0.2) is 51.4 Å². The average molecular weight is 292 g/mol. The number of carbonyl (C=O) groups is 2. The van der Waals surface area contributed by atoms with Gasteiger partial charge in [0.05, 0.1) is 12.7 Å². The molecule has 1 N–H and O–H groups in total. The Hall–Kier alpha value is -1.89. The molecule has 0 radical (unpaired) electrons. The topological polar surface area (TPSA) is 78.7 Å². The van der Waals surface area contributed by atoms with Crippen molar-refractivity contribution < 1.29 is 14.0 Å². The first-order valence-corrected chi connectivity index (χ1v) is 7.21. The summed E-state index contributed by atoms with van der Waals surface area (Å²) in [6.45, 7) is 7.34. The van der Waals surface area contributed by atoms with Crippen LogP contribution in [0.15, 0.2) is 10.6 Å². The molecular weight excluding hydrogens is 272 g/mol. The second-order valence-electron chi connectivity index (χ2n) is 6.11. The minimum absolute atomic E-state index is 0.117. The van der Waals surface area contributed by atoms with Gasteiger partial charge < -0.3 is 9.73 Å². The Kier molecular flexibility index (Phi) is 3.24. The second-order valence-corrected chi connectivity index (χ2v) is 6.11. The third-order valence-corrected chi connectivity index (χ3v) is 4.09. The molecule has 1 aromatic rings. The van der Waals surface area contributed by atoms with Crippen molar-refractivity contribution in [2.45, 2.75) is 45.3 Å². The van der Waals surface area contributed by atoms with E-state index in [9.17, 15) is 9.59 Å². The van der Waals surface area contributed by atoms with Crippen LogP contribution in [0.3, 0.4) is 0 Å². The number of oxazole rings is 1. The summed E-state index contributed by atoms with van der Waals surface area (Å²) in [5, 5.41) is 2.88. The zero-order valence-electron chi connectivity index (χ0n) is 12.5. The van der Waals surface area contributed by atoms with Crippen LogP contribution in [-0.2, 0) is 11.3 Å². The van der Waals surface area contributed by atoms with E-state index in [1.54, 1.807) is 6.20 Å². The summed E-state index contributed by atoms with van der Waals surface area (Å²) in [5.74, 6) is 1.30. The lowest BCUT2D eigenvalue weighted by Crippen LogP contribution is -2.49. The van der Waals surface area contributed by atoms with Gasteiger partial charge in [-0.2, -0.15) is 0 Å². The summed E-state index contributed by atoms with van der Waals surface area (Å²) < 4.78 is 5.47. The number of amides is 3. The molecule has 2 aliphatic rings. The normalized spacial score (nSPS) is 26.4. The molecule has 0 bridgehead atoms. The number of aromatic nitrogens is 1. The van der Waals surface area contributed by atoms with Crippen molar-refractivity contribution >= 4 is 11.9 Å².